The molecule has 3 nitrogen and oxygen atoms in total. The van der Waals surface area contributed by atoms with Crippen LogP contribution in [0.1, 0.15) is 20.3 Å². The molecule has 94 valence electrons. The smallest absolute Gasteiger partial charge is 0.228 e. The van der Waals surface area contributed by atoms with E-state index in [0.717, 1.165) is 0 Å². The Morgan fingerprint density at radius 2 is 2.12 bits per heavy atom. The Kier molecular flexibility index (Phi) is 4.11. The van der Waals surface area contributed by atoms with E-state index in [0.29, 0.717) is 5.69 Å². The van der Waals surface area contributed by atoms with Gasteiger partial charge in [-0.05, 0) is 32.0 Å². The second-order valence-electron chi connectivity index (χ2n) is 4.72. The summed E-state index contributed by atoms with van der Waals surface area (Å²) < 4.78 is 13.0. The van der Waals surface area contributed by atoms with Crippen molar-refractivity contribution in [3.63, 3.8) is 0 Å². The van der Waals surface area contributed by atoms with Crippen LogP contribution in [0.2, 0.25) is 5.02 Å². The minimum Gasteiger partial charge on any atom is -0.325 e. The van der Waals surface area contributed by atoms with Crippen molar-refractivity contribution in [2.24, 2.45) is 5.73 Å². The highest BCUT2D eigenvalue weighted by atomic mass is 35.5. The summed E-state index contributed by atoms with van der Waals surface area (Å²) in [6.45, 7) is 3.55. The third kappa shape index (κ3) is 3.98. The molecule has 1 aromatic carbocycles. The highest BCUT2D eigenvalue weighted by Crippen LogP contribution is 2.22. The average molecular weight is 259 g/mol. The average Bonchev–Trinajstić information content (AvgIpc) is 2.18. The highest BCUT2D eigenvalue weighted by molar-refractivity contribution is 6.31. The summed E-state index contributed by atoms with van der Waals surface area (Å²) in [6.07, 6.45) is 0.207. The van der Waals surface area contributed by atoms with Gasteiger partial charge in [-0.15, -0.1) is 0 Å². The van der Waals surface area contributed by atoms with Gasteiger partial charge in [-0.3, -0.25) is 4.79 Å². The van der Waals surface area contributed by atoms with Crippen molar-refractivity contribution in [3.8, 4) is 0 Å². The Morgan fingerprint density at radius 1 is 1.53 bits per heavy atom. The molecule has 0 aliphatic carbocycles. The van der Waals surface area contributed by atoms with Crippen LogP contribution in [0.5, 0.6) is 0 Å². The van der Waals surface area contributed by atoms with Crippen LogP contribution in [0.25, 0.3) is 0 Å². The zero-order valence-corrected chi connectivity index (χ0v) is 10.9. The van der Waals surface area contributed by atoms with Crippen molar-refractivity contribution in [2.45, 2.75) is 25.8 Å². The molecule has 0 aromatic heterocycles. The summed E-state index contributed by atoms with van der Waals surface area (Å²) in [4.78, 5) is 13.3. The number of carbonyl (C=O) groups is 1. The number of rotatable bonds is 3. The minimum atomic E-state index is -0.574. The molecule has 0 saturated carbocycles. The summed E-state index contributed by atoms with van der Waals surface area (Å²) >= 11 is 5.66. The first-order chi connectivity index (χ1) is 7.70. The van der Waals surface area contributed by atoms with Crippen molar-refractivity contribution >= 4 is 23.2 Å². The van der Waals surface area contributed by atoms with Gasteiger partial charge in [0.25, 0.3) is 0 Å². The summed E-state index contributed by atoms with van der Waals surface area (Å²) in [5.74, 6) is -0.643. The Morgan fingerprint density at radius 3 is 2.59 bits per heavy atom. The molecule has 1 aromatic rings. The molecular weight excluding hydrogens is 243 g/mol. The van der Waals surface area contributed by atoms with E-state index in [1.807, 2.05) is 0 Å². The van der Waals surface area contributed by atoms with Crippen LogP contribution in [0.15, 0.2) is 18.2 Å². The second-order valence-corrected chi connectivity index (χ2v) is 5.12. The van der Waals surface area contributed by atoms with Gasteiger partial charge in [0.05, 0.1) is 5.02 Å². The molecule has 0 heterocycles. The predicted molar refractivity (Wildman–Crippen MR) is 67.7 cm³/mol. The zero-order valence-electron chi connectivity index (χ0n) is 10.1. The normalized spacial score (nSPS) is 11.4. The molecule has 0 spiro atoms. The van der Waals surface area contributed by atoms with Gasteiger partial charge < -0.3 is 10.6 Å². The molecule has 0 bridgehead atoms. The maximum absolute atomic E-state index is 13.0. The van der Waals surface area contributed by atoms with Crippen molar-refractivity contribution in [2.75, 3.05) is 11.9 Å². The third-order valence-electron chi connectivity index (χ3n) is 2.27. The summed E-state index contributed by atoms with van der Waals surface area (Å²) in [5, 5.41) is -0.00541. The topological polar surface area (TPSA) is 46.3 Å². The molecule has 0 aliphatic heterocycles. The number of nitrogens with two attached hydrogens (primary N) is 1. The fourth-order valence-corrected chi connectivity index (χ4v) is 1.52. The van der Waals surface area contributed by atoms with Gasteiger partial charge >= 0.3 is 0 Å². The SMILES string of the molecule is CN(C(=O)CC(C)(C)N)c1ccc(F)c(Cl)c1. The molecule has 0 saturated heterocycles. The van der Waals surface area contributed by atoms with E-state index in [-0.39, 0.29) is 17.4 Å². The fourth-order valence-electron chi connectivity index (χ4n) is 1.35. The highest BCUT2D eigenvalue weighted by Gasteiger charge is 2.20. The number of benzene rings is 1. The van der Waals surface area contributed by atoms with Crippen LogP contribution in [-0.2, 0) is 4.79 Å². The van der Waals surface area contributed by atoms with Crippen LogP contribution >= 0.6 is 11.6 Å². The third-order valence-corrected chi connectivity index (χ3v) is 2.56. The van der Waals surface area contributed by atoms with Crippen molar-refractivity contribution < 1.29 is 9.18 Å². The van der Waals surface area contributed by atoms with E-state index in [4.69, 9.17) is 17.3 Å². The lowest BCUT2D eigenvalue weighted by Gasteiger charge is -2.23. The molecule has 0 unspecified atom stereocenters. The quantitative estimate of drug-likeness (QED) is 0.906. The van der Waals surface area contributed by atoms with E-state index in [9.17, 15) is 9.18 Å². The molecular formula is C12H16ClFN2O. The molecule has 5 heteroatoms. The Bertz CT molecular complexity index is 429. The summed E-state index contributed by atoms with van der Waals surface area (Å²) in [7, 11) is 1.61. The van der Waals surface area contributed by atoms with Crippen LogP contribution in [0, 0.1) is 5.82 Å². The number of anilines is 1. The Balaban J connectivity index is 2.85. The number of halogens is 2. The first kappa shape index (κ1) is 13.9. The van der Waals surface area contributed by atoms with Gasteiger partial charge in [0.2, 0.25) is 5.91 Å². The molecule has 17 heavy (non-hydrogen) atoms. The molecule has 1 rings (SSSR count). The molecule has 0 fully saturated rings. The Labute approximate surface area is 105 Å². The van der Waals surface area contributed by atoms with Crippen molar-refractivity contribution in [3.05, 3.63) is 29.0 Å². The van der Waals surface area contributed by atoms with E-state index in [2.05, 4.69) is 0 Å². The molecule has 0 atom stereocenters. The second kappa shape index (κ2) is 5.02. The van der Waals surface area contributed by atoms with E-state index in [1.165, 1.54) is 23.1 Å². The number of nitrogens with zero attached hydrogens (tertiary/aromatic N) is 1. The molecule has 1 amide bonds. The van der Waals surface area contributed by atoms with Gasteiger partial charge in [0.15, 0.2) is 0 Å². The molecule has 2 N–H and O–H groups in total. The monoisotopic (exact) mass is 258 g/mol. The minimum absolute atomic E-state index is 0.00541. The summed E-state index contributed by atoms with van der Waals surface area (Å²) in [5.41, 5.74) is 5.75. The molecule has 0 aliphatic rings. The Hall–Kier alpha value is -1.13. The largest absolute Gasteiger partial charge is 0.325 e. The van der Waals surface area contributed by atoms with Crippen LogP contribution in [0.3, 0.4) is 0 Å². The number of carbonyl (C=O) groups excluding carboxylic acids is 1. The van der Waals surface area contributed by atoms with Gasteiger partial charge in [-0.1, -0.05) is 11.6 Å². The maximum Gasteiger partial charge on any atom is 0.228 e. The van der Waals surface area contributed by atoms with Gasteiger partial charge in [-0.25, -0.2) is 4.39 Å². The maximum atomic E-state index is 13.0. The number of hydrogen-bond donors (Lipinski definition) is 1. The van der Waals surface area contributed by atoms with Gasteiger partial charge in [-0.2, -0.15) is 0 Å². The lowest BCUT2D eigenvalue weighted by molar-refractivity contribution is -0.119. The van der Waals surface area contributed by atoms with Gasteiger partial charge in [0.1, 0.15) is 5.82 Å². The van der Waals surface area contributed by atoms with Crippen LogP contribution in [0.4, 0.5) is 10.1 Å². The van der Waals surface area contributed by atoms with Crippen LogP contribution < -0.4 is 10.6 Å². The van der Waals surface area contributed by atoms with E-state index < -0.39 is 11.4 Å². The molecule has 0 radical (unpaired) electrons. The standard InChI is InChI=1S/C12H16ClFN2O/c1-12(2,15)7-11(17)16(3)8-4-5-10(14)9(13)6-8/h4-6H,7,15H2,1-3H3. The van der Waals surface area contributed by atoms with Crippen molar-refractivity contribution in [1.29, 1.82) is 0 Å². The fraction of sp³-hybridized carbons (Fsp3) is 0.417. The lowest BCUT2D eigenvalue weighted by atomic mass is 10.0. The first-order valence-corrected chi connectivity index (χ1v) is 5.59. The van der Waals surface area contributed by atoms with E-state index in [1.54, 1.807) is 20.9 Å². The first-order valence-electron chi connectivity index (χ1n) is 5.21. The zero-order chi connectivity index (χ0) is 13.2. The summed E-state index contributed by atoms with van der Waals surface area (Å²) in [6, 6.07) is 4.15. The lowest BCUT2D eigenvalue weighted by Crippen LogP contribution is -2.39. The number of hydrogen-bond acceptors (Lipinski definition) is 2. The van der Waals surface area contributed by atoms with E-state index >= 15 is 0 Å². The van der Waals surface area contributed by atoms with Crippen LogP contribution in [-0.4, -0.2) is 18.5 Å². The van der Waals surface area contributed by atoms with Crippen molar-refractivity contribution in [1.82, 2.24) is 0 Å². The van der Waals surface area contributed by atoms with Gasteiger partial charge in [0, 0.05) is 24.7 Å². The predicted octanol–water partition coefficient (Wildman–Crippen LogP) is 2.57. The number of amides is 1.